The van der Waals surface area contributed by atoms with Crippen molar-refractivity contribution in [2.24, 2.45) is 0 Å². The summed E-state index contributed by atoms with van der Waals surface area (Å²) in [7, 11) is 0. The average molecular weight is 531 g/mol. The van der Waals surface area contributed by atoms with Crippen LogP contribution >= 0.6 is 22.9 Å². The Hall–Kier alpha value is -3.61. The Morgan fingerprint density at radius 1 is 1.14 bits per heavy atom. The highest BCUT2D eigenvalue weighted by Gasteiger charge is 2.26. The predicted octanol–water partition coefficient (Wildman–Crippen LogP) is 6.81. The highest BCUT2D eigenvalue weighted by atomic mass is 35.5. The van der Waals surface area contributed by atoms with E-state index in [0.29, 0.717) is 23.7 Å². The number of nitrogens with one attached hydrogen (secondary N) is 1. The number of para-hydroxylation sites is 1. The number of rotatable bonds is 7. The fourth-order valence-corrected chi connectivity index (χ4v) is 5.87. The van der Waals surface area contributed by atoms with Gasteiger partial charge in [0.05, 0.1) is 16.4 Å². The third kappa shape index (κ3) is 5.26. The van der Waals surface area contributed by atoms with Crippen LogP contribution in [0.2, 0.25) is 5.02 Å². The number of ether oxygens (including phenoxy) is 1. The number of Topliss-reactive ketones (excluding diaryl/α,β-unsaturated/α-hetero) is 1. The summed E-state index contributed by atoms with van der Waals surface area (Å²) in [6, 6.07) is 19.9. The summed E-state index contributed by atoms with van der Waals surface area (Å²) >= 11 is 7.98. The van der Waals surface area contributed by atoms with Gasteiger partial charge in [-0.3, -0.25) is 9.59 Å². The molecule has 1 aliphatic heterocycles. The maximum Gasteiger partial charge on any atom is 0.244 e. The van der Waals surface area contributed by atoms with Crippen LogP contribution in [0.15, 0.2) is 66.7 Å². The number of aryl methyl sites for hydroxylation is 1. The van der Waals surface area contributed by atoms with Crippen molar-refractivity contribution < 1.29 is 14.3 Å². The van der Waals surface area contributed by atoms with E-state index >= 15 is 0 Å². The second-order valence-electron chi connectivity index (χ2n) is 9.19. The molecular weight excluding hydrogens is 504 g/mol. The van der Waals surface area contributed by atoms with Crippen LogP contribution in [-0.2, 0) is 11.2 Å². The van der Waals surface area contributed by atoms with Crippen molar-refractivity contribution in [3.8, 4) is 21.9 Å². The van der Waals surface area contributed by atoms with Crippen molar-refractivity contribution >= 4 is 40.7 Å². The number of carbonyl (C=O) groups excluding carboxylic acids is 2. The van der Waals surface area contributed by atoms with E-state index in [1.54, 1.807) is 13.0 Å². The molecule has 0 fully saturated rings. The summed E-state index contributed by atoms with van der Waals surface area (Å²) in [6.45, 7) is 6.05. The van der Waals surface area contributed by atoms with Gasteiger partial charge in [0.15, 0.2) is 5.78 Å². The van der Waals surface area contributed by atoms with Crippen LogP contribution in [0.25, 0.3) is 22.2 Å². The predicted molar refractivity (Wildman–Crippen MR) is 150 cm³/mol. The van der Waals surface area contributed by atoms with Crippen LogP contribution < -0.4 is 10.1 Å². The van der Waals surface area contributed by atoms with Crippen molar-refractivity contribution in [2.45, 2.75) is 33.3 Å². The van der Waals surface area contributed by atoms with Crippen molar-refractivity contribution in [1.29, 1.82) is 0 Å². The summed E-state index contributed by atoms with van der Waals surface area (Å²) in [4.78, 5) is 25.9. The zero-order chi connectivity index (χ0) is 26.1. The fraction of sp³-hybridized carbons (Fsp3) is 0.200. The van der Waals surface area contributed by atoms with Crippen LogP contribution in [0.4, 0.5) is 0 Å². The summed E-state index contributed by atoms with van der Waals surface area (Å²) in [5, 5.41) is 3.48. The lowest BCUT2D eigenvalue weighted by Gasteiger charge is -2.11. The Morgan fingerprint density at radius 2 is 1.92 bits per heavy atom. The lowest BCUT2D eigenvalue weighted by atomic mass is 10.1. The number of amides is 1. The average Bonchev–Trinajstić information content (AvgIpc) is 3.59. The van der Waals surface area contributed by atoms with Gasteiger partial charge in [0, 0.05) is 40.0 Å². The molecule has 1 amide bonds. The number of thiophene rings is 1. The number of halogens is 1. The van der Waals surface area contributed by atoms with Crippen molar-refractivity contribution in [2.75, 3.05) is 6.54 Å². The lowest BCUT2D eigenvalue weighted by Crippen LogP contribution is -2.33. The Morgan fingerprint density at radius 3 is 2.65 bits per heavy atom. The summed E-state index contributed by atoms with van der Waals surface area (Å²) in [5.41, 5.74) is 6.25. The number of aromatic nitrogens is 1. The second-order valence-corrected chi connectivity index (χ2v) is 10.7. The molecular formula is C30H27ClN2O3S. The normalized spacial score (nSPS) is 14.5. The molecule has 188 valence electrons. The molecule has 3 heterocycles. The molecule has 7 heteroatoms. The smallest absolute Gasteiger partial charge is 0.244 e. The maximum atomic E-state index is 12.6. The van der Waals surface area contributed by atoms with E-state index in [9.17, 15) is 9.59 Å². The molecule has 0 spiro atoms. The molecule has 4 aromatic rings. The molecule has 1 N–H and O–H groups in total. The topological polar surface area (TPSA) is 60.3 Å². The number of benzene rings is 2. The zero-order valence-corrected chi connectivity index (χ0v) is 22.5. The van der Waals surface area contributed by atoms with E-state index in [1.807, 2.05) is 42.5 Å². The number of hydrogen-bond acceptors (Lipinski definition) is 4. The van der Waals surface area contributed by atoms with Crippen LogP contribution in [0.3, 0.4) is 0 Å². The first kappa shape index (κ1) is 25.1. The van der Waals surface area contributed by atoms with Gasteiger partial charge in [0.25, 0.3) is 0 Å². The molecule has 37 heavy (non-hydrogen) atoms. The molecule has 1 atom stereocenters. The number of nitrogens with zero attached hydrogens (tertiary/aromatic N) is 1. The molecule has 2 aromatic carbocycles. The van der Waals surface area contributed by atoms with E-state index in [1.165, 1.54) is 11.3 Å². The summed E-state index contributed by atoms with van der Waals surface area (Å²) in [5.74, 6) is 0.541. The van der Waals surface area contributed by atoms with Crippen molar-refractivity contribution in [3.05, 3.63) is 99.2 Å². The van der Waals surface area contributed by atoms with Crippen LogP contribution in [0.5, 0.6) is 5.75 Å². The largest absolute Gasteiger partial charge is 0.486 e. The molecule has 5 nitrogen and oxygen atoms in total. The second kappa shape index (κ2) is 10.4. The van der Waals surface area contributed by atoms with Gasteiger partial charge in [-0.15, -0.1) is 11.3 Å². The van der Waals surface area contributed by atoms with E-state index < -0.39 is 0 Å². The first-order valence-electron chi connectivity index (χ1n) is 12.1. The number of ketones is 1. The zero-order valence-electron chi connectivity index (χ0n) is 20.9. The minimum Gasteiger partial charge on any atom is -0.486 e. The molecule has 2 aromatic heterocycles. The molecule has 1 aliphatic rings. The molecule has 0 bridgehead atoms. The highest BCUT2D eigenvalue weighted by molar-refractivity contribution is 7.17. The molecule has 5 rings (SSSR count). The van der Waals surface area contributed by atoms with E-state index in [2.05, 4.69) is 48.0 Å². The van der Waals surface area contributed by atoms with Gasteiger partial charge in [-0.2, -0.15) is 0 Å². The number of hydrogen-bond donors (Lipinski definition) is 1. The number of fused-ring (bicyclic) bond motifs is 1. The van der Waals surface area contributed by atoms with Crippen molar-refractivity contribution in [3.63, 3.8) is 0 Å². The third-order valence-corrected chi connectivity index (χ3v) is 8.01. The standard InChI is InChI=1S/C30H27ClN2O3S/c1-18-13-21(19(2)33(18)24-7-5-4-6-8-24)9-12-29(35)32-17-25-15-23-14-22(16-26(31)30(23)36-25)28-11-10-27(37-28)20(3)34/h4-14,16,25H,15,17H2,1-3H3,(H,32,35). The molecule has 0 aliphatic carbocycles. The summed E-state index contributed by atoms with van der Waals surface area (Å²) in [6.07, 6.45) is 3.87. The minimum atomic E-state index is -0.195. The Bertz CT molecular complexity index is 1520. The maximum absolute atomic E-state index is 12.6. The number of carbonyl (C=O) groups is 2. The Labute approximate surface area is 225 Å². The van der Waals surface area contributed by atoms with Crippen molar-refractivity contribution in [1.82, 2.24) is 9.88 Å². The van der Waals surface area contributed by atoms with Gasteiger partial charge in [0.2, 0.25) is 5.91 Å². The first-order valence-corrected chi connectivity index (χ1v) is 13.3. The lowest BCUT2D eigenvalue weighted by molar-refractivity contribution is -0.116. The van der Waals surface area contributed by atoms with E-state index in [4.69, 9.17) is 16.3 Å². The van der Waals surface area contributed by atoms with Gasteiger partial charge in [-0.1, -0.05) is 29.8 Å². The molecule has 0 radical (unpaired) electrons. The van der Waals surface area contributed by atoms with Gasteiger partial charge in [-0.05, 0) is 80.4 Å². The van der Waals surface area contributed by atoms with Crippen LogP contribution in [-0.4, -0.2) is 28.9 Å². The molecule has 1 unspecified atom stereocenters. The molecule has 0 saturated carbocycles. The SMILES string of the molecule is CC(=O)c1ccc(-c2cc(Cl)c3c(c2)CC(CNC(=O)C=Cc2cc(C)n(-c4ccccc4)c2C)O3)s1. The summed E-state index contributed by atoms with van der Waals surface area (Å²) < 4.78 is 8.22. The van der Waals surface area contributed by atoms with Gasteiger partial charge in [0.1, 0.15) is 11.9 Å². The highest BCUT2D eigenvalue weighted by Crippen LogP contribution is 2.41. The minimum absolute atomic E-state index is 0.0516. The van der Waals surface area contributed by atoms with E-state index in [0.717, 1.165) is 43.5 Å². The fourth-order valence-electron chi connectivity index (χ4n) is 4.70. The van der Waals surface area contributed by atoms with E-state index in [-0.39, 0.29) is 17.8 Å². The monoisotopic (exact) mass is 530 g/mol. The quantitative estimate of drug-likeness (QED) is 0.211. The third-order valence-electron chi connectivity index (χ3n) is 6.49. The Balaban J connectivity index is 1.21. The Kier molecular flexibility index (Phi) is 7.04. The van der Waals surface area contributed by atoms with Gasteiger partial charge >= 0.3 is 0 Å². The van der Waals surface area contributed by atoms with Crippen LogP contribution in [0, 0.1) is 13.8 Å². The molecule has 0 saturated heterocycles. The van der Waals surface area contributed by atoms with Gasteiger partial charge in [-0.25, -0.2) is 0 Å². The first-order chi connectivity index (χ1) is 17.8. The van der Waals surface area contributed by atoms with Crippen LogP contribution in [0.1, 0.15) is 39.1 Å². The van der Waals surface area contributed by atoms with Gasteiger partial charge < -0.3 is 14.6 Å².